The van der Waals surface area contributed by atoms with Crippen LogP contribution in [0, 0.1) is 110 Å². The molecule has 8 unspecified atom stereocenters. The molecule has 0 spiro atoms. The molecule has 13 aliphatic rings. The first-order valence-corrected chi connectivity index (χ1v) is 23.6. The summed E-state index contributed by atoms with van der Waals surface area (Å²) < 4.78 is 0. The van der Waals surface area contributed by atoms with Crippen LogP contribution in [0.4, 0.5) is 0 Å². The van der Waals surface area contributed by atoms with Gasteiger partial charge < -0.3 is 0 Å². The van der Waals surface area contributed by atoms with Gasteiger partial charge in [0.25, 0.3) is 0 Å². The number of hydrogen-bond donors (Lipinski definition) is 0. The van der Waals surface area contributed by atoms with Crippen LogP contribution in [0.15, 0.2) is 0 Å². The van der Waals surface area contributed by atoms with Gasteiger partial charge in [-0.15, -0.1) is 0 Å². The third-order valence-corrected chi connectivity index (χ3v) is 22.3. The van der Waals surface area contributed by atoms with E-state index in [-0.39, 0.29) is 0 Å². The van der Waals surface area contributed by atoms with Gasteiger partial charge in [-0.05, 0) is 226 Å². The molecule has 13 rings (SSSR count). The summed E-state index contributed by atoms with van der Waals surface area (Å²) in [5.74, 6) is 15.6. The van der Waals surface area contributed by atoms with E-state index in [0.29, 0.717) is 16.2 Å². The fourth-order valence-corrected chi connectivity index (χ4v) is 18.2. The summed E-state index contributed by atoms with van der Waals surface area (Å²) in [5.41, 5.74) is 3.46. The third kappa shape index (κ3) is 5.73. The zero-order chi connectivity index (χ0) is 35.4. The Labute approximate surface area is 313 Å². The number of rotatable bonds is 3. The molecule has 13 fully saturated rings. The fraction of sp³-hybridized carbons (Fsp3) is 1.00. The summed E-state index contributed by atoms with van der Waals surface area (Å²) >= 11 is 0. The summed E-state index contributed by atoms with van der Waals surface area (Å²) in [4.78, 5) is 0. The minimum Gasteiger partial charge on any atom is -0.0649 e. The van der Waals surface area contributed by atoms with E-state index in [2.05, 4.69) is 69.2 Å². The summed E-state index contributed by atoms with van der Waals surface area (Å²) in [6.45, 7) is 24.9. The standard InChI is InChI=1S/2C13H22.C12H20.C12H22/c1-3-13(2)11-5-9-4-10(7-11)8-12(13)6-9;1-3-13(2)8-9-7-12(13)11-6-4-5-10(9)11;1-12(2)10-4-8-3-9(6-10)7-11(12)5-8;1-5-12(4)10-7-6-9(8-10)11(12,2)3/h2*9-12H,3-8H2,1-2H3;8-11H,3-7H2,1-2H3;9-10H,5-8H2,1-4H3. The summed E-state index contributed by atoms with van der Waals surface area (Å²) in [5, 5.41) is 0. The average Bonchev–Trinajstić information content (AvgIpc) is 3.91. The molecule has 0 aromatic rings. The molecular weight excluding hydrogens is 601 g/mol. The fourth-order valence-electron chi connectivity index (χ4n) is 18.2. The Bertz CT molecular complexity index is 1140. The van der Waals surface area contributed by atoms with Crippen molar-refractivity contribution in [3.05, 3.63) is 0 Å². The van der Waals surface area contributed by atoms with E-state index in [4.69, 9.17) is 0 Å². The van der Waals surface area contributed by atoms with Crippen molar-refractivity contribution in [3.8, 4) is 0 Å². The van der Waals surface area contributed by atoms with Gasteiger partial charge in [-0.1, -0.05) is 88.5 Å². The molecular formula is C50H86. The lowest BCUT2D eigenvalue weighted by Gasteiger charge is -2.60. The Morgan fingerprint density at radius 3 is 1.38 bits per heavy atom. The van der Waals surface area contributed by atoms with Crippen molar-refractivity contribution >= 4 is 0 Å². The van der Waals surface area contributed by atoms with E-state index in [1.54, 1.807) is 96.3 Å². The SMILES string of the molecule is CC1(C)C2CC3CC(C2)CC1C3.CCC1(C)C2CC3CC(C2)CC1C3.CCC1(C)C2CCC(C2)C1(C)C.CCC1(C)CC2CC1C1CCCC21. The number of fused-ring (bicyclic) bond motifs is 7. The lowest BCUT2D eigenvalue weighted by molar-refractivity contribution is -0.1000. The highest BCUT2D eigenvalue weighted by molar-refractivity contribution is 5.09. The maximum atomic E-state index is 2.58. The lowest BCUT2D eigenvalue weighted by atomic mass is 9.45. The Kier molecular flexibility index (Phi) is 9.65. The maximum Gasteiger partial charge on any atom is -0.0246 e. The van der Waals surface area contributed by atoms with E-state index < -0.39 is 0 Å². The van der Waals surface area contributed by atoms with Crippen LogP contribution < -0.4 is 0 Å². The summed E-state index contributed by atoms with van der Waals surface area (Å²) in [6, 6.07) is 0. The quantitative estimate of drug-likeness (QED) is 0.277. The summed E-state index contributed by atoms with van der Waals surface area (Å²) in [7, 11) is 0. The lowest BCUT2D eigenvalue weighted by Crippen LogP contribution is -2.51. The van der Waals surface area contributed by atoms with Crippen LogP contribution in [0.3, 0.4) is 0 Å². The zero-order valence-corrected chi connectivity index (χ0v) is 35.4. The van der Waals surface area contributed by atoms with Gasteiger partial charge in [-0.25, -0.2) is 0 Å². The highest BCUT2D eigenvalue weighted by Gasteiger charge is 2.60. The Balaban J connectivity index is 0.0000000964. The summed E-state index contributed by atoms with van der Waals surface area (Å²) in [6.07, 6.45) is 32.4. The largest absolute Gasteiger partial charge is 0.0649 e. The molecule has 13 aliphatic carbocycles. The first-order valence-electron chi connectivity index (χ1n) is 23.6. The second-order valence-electron chi connectivity index (χ2n) is 24.1. The van der Waals surface area contributed by atoms with Crippen LogP contribution in [-0.4, -0.2) is 0 Å². The molecule has 286 valence electrons. The second kappa shape index (κ2) is 13.1. The molecule has 0 N–H and O–H groups in total. The Morgan fingerprint density at radius 2 is 0.940 bits per heavy atom. The van der Waals surface area contributed by atoms with Gasteiger partial charge in [0.05, 0.1) is 0 Å². The molecule has 0 radical (unpaired) electrons. The third-order valence-electron chi connectivity index (χ3n) is 22.3. The van der Waals surface area contributed by atoms with Gasteiger partial charge in [0.15, 0.2) is 0 Å². The van der Waals surface area contributed by atoms with Crippen molar-refractivity contribution in [2.24, 2.45) is 110 Å². The van der Waals surface area contributed by atoms with E-state index in [1.807, 2.05) is 0 Å². The van der Waals surface area contributed by atoms with Crippen LogP contribution in [0.25, 0.3) is 0 Å². The van der Waals surface area contributed by atoms with Crippen molar-refractivity contribution in [2.75, 3.05) is 0 Å². The molecule has 8 atom stereocenters. The van der Waals surface area contributed by atoms with Gasteiger partial charge in [-0.2, -0.15) is 0 Å². The molecule has 50 heavy (non-hydrogen) atoms. The van der Waals surface area contributed by atoms with Crippen molar-refractivity contribution in [2.45, 2.75) is 204 Å². The van der Waals surface area contributed by atoms with Gasteiger partial charge >= 0.3 is 0 Å². The van der Waals surface area contributed by atoms with Crippen molar-refractivity contribution in [1.29, 1.82) is 0 Å². The van der Waals surface area contributed by atoms with Crippen LogP contribution >= 0.6 is 0 Å². The average molecular weight is 687 g/mol. The van der Waals surface area contributed by atoms with Crippen LogP contribution in [0.1, 0.15) is 204 Å². The smallest absolute Gasteiger partial charge is 0.0246 e. The van der Waals surface area contributed by atoms with Crippen molar-refractivity contribution in [3.63, 3.8) is 0 Å². The number of hydrogen-bond acceptors (Lipinski definition) is 0. The van der Waals surface area contributed by atoms with Crippen molar-refractivity contribution < 1.29 is 0 Å². The van der Waals surface area contributed by atoms with E-state index in [9.17, 15) is 0 Å². The van der Waals surface area contributed by atoms with Crippen LogP contribution in [-0.2, 0) is 0 Å². The zero-order valence-electron chi connectivity index (χ0n) is 35.4. The topological polar surface area (TPSA) is 0 Å². The van der Waals surface area contributed by atoms with E-state index in [0.717, 1.165) is 87.8 Å². The predicted octanol–water partition coefficient (Wildman–Crippen LogP) is 15.0. The predicted molar refractivity (Wildman–Crippen MR) is 215 cm³/mol. The van der Waals surface area contributed by atoms with Crippen molar-refractivity contribution in [1.82, 2.24) is 0 Å². The van der Waals surface area contributed by atoms with Gasteiger partial charge in [0.1, 0.15) is 0 Å². The highest BCUT2D eigenvalue weighted by atomic mass is 14.6. The first-order chi connectivity index (χ1) is 23.6. The van der Waals surface area contributed by atoms with Crippen LogP contribution in [0.2, 0.25) is 0 Å². The molecule has 0 saturated heterocycles. The molecule has 0 heterocycles. The molecule has 0 nitrogen and oxygen atoms in total. The first kappa shape index (κ1) is 36.9. The second-order valence-corrected chi connectivity index (χ2v) is 24.1. The molecule has 0 heteroatoms. The van der Waals surface area contributed by atoms with Gasteiger partial charge in [0, 0.05) is 0 Å². The molecule has 13 saturated carbocycles. The monoisotopic (exact) mass is 687 g/mol. The minimum absolute atomic E-state index is 0.616. The molecule has 12 bridgehead atoms. The van der Waals surface area contributed by atoms with E-state index in [1.165, 1.54) is 44.4 Å². The Morgan fingerprint density at radius 1 is 0.440 bits per heavy atom. The molecule has 0 aromatic heterocycles. The minimum atomic E-state index is 0.616. The molecule has 0 aromatic carbocycles. The van der Waals surface area contributed by atoms with Crippen LogP contribution in [0.5, 0.6) is 0 Å². The maximum absolute atomic E-state index is 2.58. The van der Waals surface area contributed by atoms with Gasteiger partial charge in [0.2, 0.25) is 0 Å². The molecule has 0 amide bonds. The van der Waals surface area contributed by atoms with E-state index >= 15 is 0 Å². The molecule has 0 aliphatic heterocycles. The normalized spacial score (nSPS) is 55.6. The Hall–Kier alpha value is 0. The van der Waals surface area contributed by atoms with Gasteiger partial charge in [-0.3, -0.25) is 0 Å². The highest BCUT2D eigenvalue weighted by Crippen LogP contribution is 2.68.